The van der Waals surface area contributed by atoms with Gasteiger partial charge in [0.2, 0.25) is 0 Å². The lowest BCUT2D eigenvalue weighted by molar-refractivity contribution is 0.0900. The predicted molar refractivity (Wildman–Crippen MR) is 162 cm³/mol. The van der Waals surface area contributed by atoms with Crippen LogP contribution in [0.1, 0.15) is 50.0 Å². The minimum Gasteiger partial charge on any atom is -0.497 e. The third kappa shape index (κ3) is 8.30. The van der Waals surface area contributed by atoms with Crippen molar-refractivity contribution in [3.05, 3.63) is 83.6 Å². The maximum atomic E-state index is 14.5. The average molecular weight is 595 g/mol. The smallest absolute Gasteiger partial charge is 0.255 e. The summed E-state index contributed by atoms with van der Waals surface area (Å²) in [5, 5.41) is 18.3. The molecular weight excluding hydrogens is 554 g/mol. The number of methoxy groups -OCH3 is 1. The van der Waals surface area contributed by atoms with Gasteiger partial charge in [0.1, 0.15) is 17.3 Å². The normalized spacial score (nSPS) is 12.3. The Morgan fingerprint density at radius 2 is 1.79 bits per heavy atom. The first kappa shape index (κ1) is 31.9. The van der Waals surface area contributed by atoms with Crippen molar-refractivity contribution >= 4 is 16.8 Å². The number of carbonyl (C=O) groups excluding carboxylic acids is 1. The Bertz CT molecular complexity index is 1520. The minimum atomic E-state index is -0.888. The van der Waals surface area contributed by atoms with Gasteiger partial charge in [-0.15, -0.1) is 0 Å². The largest absolute Gasteiger partial charge is 0.497 e. The molecule has 0 aliphatic heterocycles. The highest BCUT2D eigenvalue weighted by molar-refractivity contribution is 6.01. The fraction of sp³-hybridized carbons (Fsp3) is 0.394. The summed E-state index contributed by atoms with van der Waals surface area (Å²) in [5.74, 6) is -1.12. The molecule has 0 bridgehead atoms. The summed E-state index contributed by atoms with van der Waals surface area (Å²) < 4.78 is 40.9. The Kier molecular flexibility index (Phi) is 10.7. The van der Waals surface area contributed by atoms with Crippen molar-refractivity contribution in [2.75, 3.05) is 20.3 Å². The van der Waals surface area contributed by atoms with E-state index in [9.17, 15) is 18.7 Å². The van der Waals surface area contributed by atoms with Crippen molar-refractivity contribution < 1.29 is 28.2 Å². The second-order valence-corrected chi connectivity index (χ2v) is 11.4. The standard InChI is InChI=1S/C33H40F2N4O4/c1-21(2)18-39-30-16-28(32(14-24(30)17-36-39)43-31-11-8-25(34)15-29(31)35)33(41)37-26(20-40)12-13-38(22(3)4)19-23-6-9-27(42-5)10-7-23/h6-11,14-17,21-22,26,40H,12-13,18-20H2,1-5H3,(H,37,41). The molecule has 2 N–H and O–H groups in total. The van der Waals surface area contributed by atoms with Gasteiger partial charge in [-0.25, -0.2) is 8.78 Å². The Hall–Kier alpha value is -4.02. The molecule has 230 valence electrons. The summed E-state index contributed by atoms with van der Waals surface area (Å²) in [6.07, 6.45) is 2.15. The van der Waals surface area contributed by atoms with Gasteiger partial charge in [0.15, 0.2) is 11.6 Å². The van der Waals surface area contributed by atoms with Crippen LogP contribution in [0, 0.1) is 17.6 Å². The summed E-state index contributed by atoms with van der Waals surface area (Å²) in [5.41, 5.74) is 2.00. The van der Waals surface area contributed by atoms with Gasteiger partial charge in [-0.1, -0.05) is 26.0 Å². The van der Waals surface area contributed by atoms with Crippen LogP contribution in [0.3, 0.4) is 0 Å². The summed E-state index contributed by atoms with van der Waals surface area (Å²) in [6.45, 7) is 10.0. The molecule has 4 rings (SSSR count). The number of aliphatic hydroxyl groups excluding tert-OH is 1. The minimum absolute atomic E-state index is 0.0969. The summed E-state index contributed by atoms with van der Waals surface area (Å²) in [6, 6.07) is 13.8. The van der Waals surface area contributed by atoms with E-state index in [0.717, 1.165) is 29.0 Å². The first-order chi connectivity index (χ1) is 20.6. The lowest BCUT2D eigenvalue weighted by Gasteiger charge is -2.28. The average Bonchev–Trinajstić information content (AvgIpc) is 3.36. The van der Waals surface area contributed by atoms with Gasteiger partial charge in [0.25, 0.3) is 5.91 Å². The summed E-state index contributed by atoms with van der Waals surface area (Å²) in [4.78, 5) is 15.9. The van der Waals surface area contributed by atoms with Crippen molar-refractivity contribution in [3.63, 3.8) is 0 Å². The first-order valence-electron chi connectivity index (χ1n) is 14.5. The number of aliphatic hydroxyl groups is 1. The van der Waals surface area contributed by atoms with E-state index in [1.54, 1.807) is 25.4 Å². The highest BCUT2D eigenvalue weighted by Gasteiger charge is 2.22. The number of benzene rings is 3. The molecule has 0 spiro atoms. The van der Waals surface area contributed by atoms with Crippen molar-refractivity contribution in [1.29, 1.82) is 0 Å². The summed E-state index contributed by atoms with van der Waals surface area (Å²) >= 11 is 0. The van der Waals surface area contributed by atoms with E-state index in [2.05, 4.69) is 43.0 Å². The number of hydrogen-bond acceptors (Lipinski definition) is 6. The van der Waals surface area contributed by atoms with Gasteiger partial charge >= 0.3 is 0 Å². The number of aromatic nitrogens is 2. The lowest BCUT2D eigenvalue weighted by atomic mass is 10.1. The van der Waals surface area contributed by atoms with Crippen LogP contribution in [0.15, 0.2) is 60.8 Å². The molecule has 10 heteroatoms. The third-order valence-electron chi connectivity index (χ3n) is 7.24. The molecule has 1 atom stereocenters. The molecule has 1 heterocycles. The second-order valence-electron chi connectivity index (χ2n) is 11.4. The van der Waals surface area contributed by atoms with E-state index in [1.807, 2.05) is 28.9 Å². The monoisotopic (exact) mass is 594 g/mol. The molecule has 0 saturated heterocycles. The molecule has 3 aromatic carbocycles. The maximum Gasteiger partial charge on any atom is 0.255 e. The molecule has 0 aliphatic carbocycles. The van der Waals surface area contributed by atoms with E-state index in [1.165, 1.54) is 6.07 Å². The van der Waals surface area contributed by atoms with Crippen LogP contribution in [0.5, 0.6) is 17.2 Å². The zero-order valence-corrected chi connectivity index (χ0v) is 25.3. The highest BCUT2D eigenvalue weighted by atomic mass is 19.1. The topological polar surface area (TPSA) is 88.9 Å². The van der Waals surface area contributed by atoms with Crippen molar-refractivity contribution in [1.82, 2.24) is 20.0 Å². The number of amides is 1. The molecule has 0 radical (unpaired) electrons. The Morgan fingerprint density at radius 1 is 1.05 bits per heavy atom. The van der Waals surface area contributed by atoms with Crippen LogP contribution in [-0.4, -0.2) is 58.0 Å². The zero-order valence-electron chi connectivity index (χ0n) is 25.3. The number of fused-ring (bicyclic) bond motifs is 1. The number of nitrogens with one attached hydrogen (secondary N) is 1. The fourth-order valence-electron chi connectivity index (χ4n) is 4.81. The van der Waals surface area contributed by atoms with Crippen LogP contribution in [0.4, 0.5) is 8.78 Å². The molecular formula is C33H40F2N4O4. The van der Waals surface area contributed by atoms with E-state index in [4.69, 9.17) is 9.47 Å². The predicted octanol–water partition coefficient (Wildman–Crippen LogP) is 6.16. The molecule has 1 amide bonds. The molecule has 43 heavy (non-hydrogen) atoms. The SMILES string of the molecule is COc1ccc(CN(CCC(CO)NC(=O)c2cc3c(cnn3CC(C)C)cc2Oc2ccc(F)cc2F)C(C)C)cc1. The third-order valence-corrected chi connectivity index (χ3v) is 7.24. The summed E-state index contributed by atoms with van der Waals surface area (Å²) in [7, 11) is 1.63. The van der Waals surface area contributed by atoms with Crippen molar-refractivity contribution in [3.8, 4) is 17.2 Å². The zero-order chi connectivity index (χ0) is 31.1. The molecule has 0 saturated carbocycles. The molecule has 8 nitrogen and oxygen atoms in total. The number of rotatable bonds is 14. The Morgan fingerprint density at radius 3 is 2.42 bits per heavy atom. The van der Waals surface area contributed by atoms with Gasteiger partial charge in [-0.3, -0.25) is 14.4 Å². The number of nitrogens with zero attached hydrogens (tertiary/aromatic N) is 3. The second kappa shape index (κ2) is 14.4. The maximum absolute atomic E-state index is 14.5. The number of ether oxygens (including phenoxy) is 2. The number of hydrogen-bond donors (Lipinski definition) is 2. The molecule has 0 aliphatic rings. The number of halogens is 2. The lowest BCUT2D eigenvalue weighted by Crippen LogP contribution is -2.41. The molecule has 1 unspecified atom stereocenters. The fourth-order valence-corrected chi connectivity index (χ4v) is 4.81. The highest BCUT2D eigenvalue weighted by Crippen LogP contribution is 2.32. The van der Waals surface area contributed by atoms with Gasteiger partial charge < -0.3 is 19.9 Å². The van der Waals surface area contributed by atoms with Gasteiger partial charge in [0.05, 0.1) is 37.0 Å². The van der Waals surface area contributed by atoms with Crippen LogP contribution in [0.25, 0.3) is 10.9 Å². The van der Waals surface area contributed by atoms with Crippen molar-refractivity contribution in [2.45, 2.75) is 59.3 Å². The van der Waals surface area contributed by atoms with Gasteiger partial charge in [0, 0.05) is 37.1 Å². The Labute approximate surface area is 251 Å². The number of carbonyl (C=O) groups is 1. The molecule has 0 fully saturated rings. The Balaban J connectivity index is 1.55. The van der Waals surface area contributed by atoms with Crippen LogP contribution in [-0.2, 0) is 13.1 Å². The molecule has 4 aromatic rings. The molecule has 1 aromatic heterocycles. The van der Waals surface area contributed by atoms with Gasteiger partial charge in [-0.05, 0) is 68.1 Å². The van der Waals surface area contributed by atoms with E-state index in [-0.39, 0.29) is 29.7 Å². The van der Waals surface area contributed by atoms with E-state index in [0.29, 0.717) is 37.4 Å². The quantitative estimate of drug-likeness (QED) is 0.182. The van der Waals surface area contributed by atoms with E-state index < -0.39 is 23.6 Å². The van der Waals surface area contributed by atoms with Crippen molar-refractivity contribution in [2.24, 2.45) is 5.92 Å². The van der Waals surface area contributed by atoms with E-state index >= 15 is 0 Å². The van der Waals surface area contributed by atoms with Crippen LogP contribution < -0.4 is 14.8 Å². The van der Waals surface area contributed by atoms with Crippen LogP contribution in [0.2, 0.25) is 0 Å². The first-order valence-corrected chi connectivity index (χ1v) is 14.5. The van der Waals surface area contributed by atoms with Gasteiger partial charge in [-0.2, -0.15) is 5.10 Å². The van der Waals surface area contributed by atoms with Crippen LogP contribution >= 0.6 is 0 Å².